The zero-order valence-corrected chi connectivity index (χ0v) is 12.7. The Balaban J connectivity index is 2.23. The van der Waals surface area contributed by atoms with E-state index >= 15 is 0 Å². The maximum absolute atomic E-state index is 12.3. The van der Waals surface area contributed by atoms with Crippen molar-refractivity contribution in [2.75, 3.05) is 12.8 Å². The predicted octanol–water partition coefficient (Wildman–Crippen LogP) is 2.32. The Hall–Kier alpha value is -2.05. The molecule has 1 unspecified atom stereocenters. The summed E-state index contributed by atoms with van der Waals surface area (Å²) < 4.78 is 32.4. The summed E-state index contributed by atoms with van der Waals surface area (Å²) in [7, 11) is -2.05. The molecule has 0 bridgehead atoms. The van der Waals surface area contributed by atoms with E-state index in [1.807, 2.05) is 18.2 Å². The fraction of sp³-hybridized carbons (Fsp3) is 0.200. The topological polar surface area (TPSA) is 81.4 Å². The number of anilines is 1. The molecule has 21 heavy (non-hydrogen) atoms. The first-order valence-electron chi connectivity index (χ1n) is 6.44. The number of nitrogens with two attached hydrogens (primary N) is 1. The second-order valence-electron chi connectivity index (χ2n) is 4.69. The first-order chi connectivity index (χ1) is 9.92. The molecule has 0 fully saturated rings. The van der Waals surface area contributed by atoms with Gasteiger partial charge in [0.25, 0.3) is 0 Å². The van der Waals surface area contributed by atoms with Crippen LogP contribution in [0.3, 0.4) is 0 Å². The molecule has 112 valence electrons. The average Bonchev–Trinajstić information content (AvgIpc) is 2.47. The number of benzene rings is 2. The van der Waals surface area contributed by atoms with Crippen LogP contribution in [0.1, 0.15) is 18.5 Å². The molecule has 0 saturated carbocycles. The van der Waals surface area contributed by atoms with Crippen molar-refractivity contribution in [3.05, 3.63) is 54.1 Å². The second-order valence-corrected chi connectivity index (χ2v) is 6.41. The minimum absolute atomic E-state index is 0.150. The van der Waals surface area contributed by atoms with Gasteiger partial charge in [-0.15, -0.1) is 0 Å². The molecule has 3 N–H and O–H groups in total. The van der Waals surface area contributed by atoms with Crippen molar-refractivity contribution < 1.29 is 13.2 Å². The van der Waals surface area contributed by atoms with E-state index in [9.17, 15) is 8.42 Å². The summed E-state index contributed by atoms with van der Waals surface area (Å²) in [4.78, 5) is 0.150. The van der Waals surface area contributed by atoms with Gasteiger partial charge in [0.15, 0.2) is 0 Å². The van der Waals surface area contributed by atoms with Crippen molar-refractivity contribution in [2.24, 2.45) is 0 Å². The standard InChI is InChI=1S/C15H18N2O3S/c1-11(12-5-3-7-14(9-12)20-2)17-21(18,19)15-8-4-6-13(16)10-15/h3-11,17H,16H2,1-2H3. The van der Waals surface area contributed by atoms with Crippen LogP contribution in [0.4, 0.5) is 5.69 Å². The van der Waals surface area contributed by atoms with E-state index in [2.05, 4.69) is 4.72 Å². The van der Waals surface area contributed by atoms with Crippen LogP contribution in [0.25, 0.3) is 0 Å². The van der Waals surface area contributed by atoms with Gasteiger partial charge >= 0.3 is 0 Å². The molecular formula is C15H18N2O3S. The van der Waals surface area contributed by atoms with E-state index < -0.39 is 10.0 Å². The fourth-order valence-corrected chi connectivity index (χ4v) is 3.25. The highest BCUT2D eigenvalue weighted by Crippen LogP contribution is 2.21. The van der Waals surface area contributed by atoms with E-state index in [1.54, 1.807) is 32.2 Å². The summed E-state index contributed by atoms with van der Waals surface area (Å²) in [6, 6.07) is 13.1. The molecule has 0 saturated heterocycles. The number of nitrogen functional groups attached to an aromatic ring is 1. The van der Waals surface area contributed by atoms with Gasteiger partial charge in [-0.1, -0.05) is 18.2 Å². The summed E-state index contributed by atoms with van der Waals surface area (Å²) in [6.45, 7) is 1.78. The summed E-state index contributed by atoms with van der Waals surface area (Å²) in [6.07, 6.45) is 0. The highest BCUT2D eigenvalue weighted by Gasteiger charge is 2.18. The van der Waals surface area contributed by atoms with Crippen LogP contribution in [-0.2, 0) is 10.0 Å². The molecule has 0 aliphatic rings. The zero-order chi connectivity index (χ0) is 15.5. The van der Waals surface area contributed by atoms with Crippen LogP contribution < -0.4 is 15.2 Å². The molecule has 0 heterocycles. The molecule has 0 aliphatic carbocycles. The van der Waals surface area contributed by atoms with Gasteiger partial charge in [-0.05, 0) is 42.8 Å². The third kappa shape index (κ3) is 3.74. The predicted molar refractivity (Wildman–Crippen MR) is 82.6 cm³/mol. The lowest BCUT2D eigenvalue weighted by Crippen LogP contribution is -2.27. The quantitative estimate of drug-likeness (QED) is 0.831. The number of nitrogens with one attached hydrogen (secondary N) is 1. The third-order valence-corrected chi connectivity index (χ3v) is 4.63. The molecule has 0 spiro atoms. The lowest BCUT2D eigenvalue weighted by atomic mass is 10.1. The number of hydrogen-bond donors (Lipinski definition) is 2. The normalized spacial score (nSPS) is 12.9. The van der Waals surface area contributed by atoms with Gasteiger partial charge in [0, 0.05) is 11.7 Å². The lowest BCUT2D eigenvalue weighted by Gasteiger charge is -2.15. The molecule has 2 rings (SSSR count). The molecule has 0 amide bonds. The SMILES string of the molecule is COc1cccc(C(C)NS(=O)(=O)c2cccc(N)c2)c1. The summed E-state index contributed by atoms with van der Waals surface area (Å²) >= 11 is 0. The van der Waals surface area contributed by atoms with Crippen molar-refractivity contribution in [1.82, 2.24) is 4.72 Å². The van der Waals surface area contributed by atoms with Gasteiger partial charge in [-0.25, -0.2) is 13.1 Å². The van der Waals surface area contributed by atoms with Crippen molar-refractivity contribution in [3.8, 4) is 5.75 Å². The monoisotopic (exact) mass is 306 g/mol. The maximum atomic E-state index is 12.3. The highest BCUT2D eigenvalue weighted by atomic mass is 32.2. The van der Waals surface area contributed by atoms with Gasteiger partial charge < -0.3 is 10.5 Å². The first kappa shape index (κ1) is 15.3. The van der Waals surface area contributed by atoms with E-state index in [0.29, 0.717) is 11.4 Å². The molecule has 6 heteroatoms. The van der Waals surface area contributed by atoms with E-state index in [1.165, 1.54) is 12.1 Å². The Morgan fingerprint density at radius 2 is 1.86 bits per heavy atom. The van der Waals surface area contributed by atoms with Crippen molar-refractivity contribution in [1.29, 1.82) is 0 Å². The fourth-order valence-electron chi connectivity index (χ4n) is 1.96. The maximum Gasteiger partial charge on any atom is 0.241 e. The summed E-state index contributed by atoms with van der Waals surface area (Å²) in [5, 5.41) is 0. The van der Waals surface area contributed by atoms with E-state index in [0.717, 1.165) is 5.56 Å². The molecule has 2 aromatic rings. The molecule has 2 aromatic carbocycles. The molecule has 0 aromatic heterocycles. The Morgan fingerprint density at radius 3 is 2.52 bits per heavy atom. The van der Waals surface area contributed by atoms with E-state index in [4.69, 9.17) is 10.5 Å². The number of methoxy groups -OCH3 is 1. The lowest BCUT2D eigenvalue weighted by molar-refractivity contribution is 0.413. The Morgan fingerprint density at radius 1 is 1.14 bits per heavy atom. The number of hydrogen-bond acceptors (Lipinski definition) is 4. The number of ether oxygens (including phenoxy) is 1. The number of rotatable bonds is 5. The van der Waals surface area contributed by atoms with Crippen LogP contribution >= 0.6 is 0 Å². The Labute approximate surface area is 124 Å². The zero-order valence-electron chi connectivity index (χ0n) is 11.9. The van der Waals surface area contributed by atoms with Crippen LogP contribution in [-0.4, -0.2) is 15.5 Å². The molecule has 1 atom stereocenters. The average molecular weight is 306 g/mol. The van der Waals surface area contributed by atoms with Crippen molar-refractivity contribution >= 4 is 15.7 Å². The van der Waals surface area contributed by atoms with Crippen molar-refractivity contribution in [3.63, 3.8) is 0 Å². The van der Waals surface area contributed by atoms with Crippen LogP contribution in [0.5, 0.6) is 5.75 Å². The van der Waals surface area contributed by atoms with Crippen LogP contribution in [0.15, 0.2) is 53.4 Å². The first-order valence-corrected chi connectivity index (χ1v) is 7.92. The van der Waals surface area contributed by atoms with Crippen LogP contribution in [0.2, 0.25) is 0 Å². The van der Waals surface area contributed by atoms with Gasteiger partial charge in [0.1, 0.15) is 5.75 Å². The molecule has 5 nitrogen and oxygen atoms in total. The van der Waals surface area contributed by atoms with Gasteiger partial charge in [-0.2, -0.15) is 0 Å². The van der Waals surface area contributed by atoms with Crippen molar-refractivity contribution in [2.45, 2.75) is 17.9 Å². The van der Waals surface area contributed by atoms with E-state index in [-0.39, 0.29) is 10.9 Å². The molecular weight excluding hydrogens is 288 g/mol. The summed E-state index contributed by atoms with van der Waals surface area (Å²) in [5.74, 6) is 0.683. The van der Waals surface area contributed by atoms with Crippen LogP contribution in [0, 0.1) is 0 Å². The minimum Gasteiger partial charge on any atom is -0.497 e. The van der Waals surface area contributed by atoms with Gasteiger partial charge in [0.2, 0.25) is 10.0 Å². The van der Waals surface area contributed by atoms with Gasteiger partial charge in [-0.3, -0.25) is 0 Å². The minimum atomic E-state index is -3.62. The molecule has 0 radical (unpaired) electrons. The third-order valence-electron chi connectivity index (χ3n) is 3.09. The van der Waals surface area contributed by atoms with Gasteiger partial charge in [0.05, 0.1) is 12.0 Å². The highest BCUT2D eigenvalue weighted by molar-refractivity contribution is 7.89. The Kier molecular flexibility index (Phi) is 4.50. The number of sulfonamides is 1. The Bertz CT molecular complexity index is 729. The largest absolute Gasteiger partial charge is 0.497 e. The summed E-state index contributed by atoms with van der Waals surface area (Å²) in [5.41, 5.74) is 6.86. The smallest absolute Gasteiger partial charge is 0.241 e. The second kappa shape index (κ2) is 6.15. The molecule has 0 aliphatic heterocycles.